The number of unbranched alkanes of at least 4 members (excludes halogenated alkanes) is 6. The highest BCUT2D eigenvalue weighted by Crippen LogP contribution is 2.12. The first-order chi connectivity index (χ1) is 9.20. The summed E-state index contributed by atoms with van der Waals surface area (Å²) in [6.07, 6.45) is 11.1. The Bertz CT molecular complexity index is 155. The van der Waals surface area contributed by atoms with Gasteiger partial charge in [0.05, 0.1) is 0 Å². The number of hydrogen-bond acceptors (Lipinski definition) is 2. The molecule has 116 valence electrons. The van der Waals surface area contributed by atoms with E-state index in [0.29, 0.717) is 5.92 Å². The van der Waals surface area contributed by atoms with Crippen LogP contribution in [0.1, 0.15) is 85.5 Å². The first-order valence-electron chi connectivity index (χ1n) is 8.43. The summed E-state index contributed by atoms with van der Waals surface area (Å²) < 4.78 is 11.8. The molecule has 0 aromatic heterocycles. The molecule has 0 rings (SSSR count). The maximum atomic E-state index is 5.88. The first kappa shape index (κ1) is 18.9. The average Bonchev–Trinajstić information content (AvgIpc) is 2.37. The summed E-state index contributed by atoms with van der Waals surface area (Å²) in [4.78, 5) is 0. The van der Waals surface area contributed by atoms with E-state index < -0.39 is 0 Å². The summed E-state index contributed by atoms with van der Waals surface area (Å²) in [5, 5.41) is 0. The predicted octanol–water partition coefficient (Wildman–Crippen LogP) is 5.55. The Kier molecular flexibility index (Phi) is 14.3. The van der Waals surface area contributed by atoms with E-state index in [1.807, 2.05) is 0 Å². The van der Waals surface area contributed by atoms with Gasteiger partial charge in [-0.15, -0.1) is 0 Å². The lowest BCUT2D eigenvalue weighted by Crippen LogP contribution is -2.21. The van der Waals surface area contributed by atoms with Gasteiger partial charge in [0.1, 0.15) is 0 Å². The minimum absolute atomic E-state index is 0.0169. The van der Waals surface area contributed by atoms with Gasteiger partial charge in [0.15, 0.2) is 6.29 Å². The fourth-order valence-corrected chi connectivity index (χ4v) is 2.06. The Hall–Kier alpha value is -0.0800. The molecule has 0 amide bonds. The molecule has 2 nitrogen and oxygen atoms in total. The van der Waals surface area contributed by atoms with Gasteiger partial charge in [0.2, 0.25) is 0 Å². The lowest BCUT2D eigenvalue weighted by atomic mass is 10.1. The van der Waals surface area contributed by atoms with Crippen LogP contribution < -0.4 is 0 Å². The highest BCUT2D eigenvalue weighted by Gasteiger charge is 2.11. The van der Waals surface area contributed by atoms with Crippen molar-refractivity contribution in [3.63, 3.8) is 0 Å². The van der Waals surface area contributed by atoms with Crippen molar-refractivity contribution in [1.29, 1.82) is 0 Å². The van der Waals surface area contributed by atoms with E-state index in [0.717, 1.165) is 19.6 Å². The molecule has 0 aliphatic heterocycles. The predicted molar refractivity (Wildman–Crippen MR) is 83.4 cm³/mol. The van der Waals surface area contributed by atoms with Crippen molar-refractivity contribution in [3.8, 4) is 0 Å². The van der Waals surface area contributed by atoms with Crippen LogP contribution in [-0.4, -0.2) is 19.5 Å². The second kappa shape index (κ2) is 14.3. The molecular formula is C17H36O2. The van der Waals surface area contributed by atoms with Gasteiger partial charge in [-0.3, -0.25) is 0 Å². The van der Waals surface area contributed by atoms with E-state index in [1.54, 1.807) is 0 Å². The zero-order valence-corrected chi connectivity index (χ0v) is 13.7. The molecule has 0 radical (unpaired) electrons. The normalized spacial score (nSPS) is 11.7. The fourth-order valence-electron chi connectivity index (χ4n) is 2.06. The van der Waals surface area contributed by atoms with E-state index in [4.69, 9.17) is 9.47 Å². The van der Waals surface area contributed by atoms with Crippen molar-refractivity contribution in [3.05, 3.63) is 0 Å². The second-order valence-corrected chi connectivity index (χ2v) is 5.92. The molecule has 0 atom stereocenters. The van der Waals surface area contributed by atoms with Crippen LogP contribution in [-0.2, 0) is 9.47 Å². The molecule has 0 N–H and O–H groups in total. The average molecular weight is 272 g/mol. The van der Waals surface area contributed by atoms with Crippen molar-refractivity contribution in [1.82, 2.24) is 0 Å². The van der Waals surface area contributed by atoms with Crippen LogP contribution in [0.2, 0.25) is 0 Å². The van der Waals surface area contributed by atoms with Crippen molar-refractivity contribution in [2.45, 2.75) is 91.8 Å². The summed E-state index contributed by atoms with van der Waals surface area (Å²) in [5.41, 5.74) is 0. The van der Waals surface area contributed by atoms with Gasteiger partial charge < -0.3 is 9.47 Å². The number of rotatable bonds is 14. The number of ether oxygens (including phenoxy) is 2. The van der Waals surface area contributed by atoms with E-state index in [1.165, 1.54) is 51.4 Å². The van der Waals surface area contributed by atoms with Gasteiger partial charge in [-0.05, 0) is 18.8 Å². The van der Waals surface area contributed by atoms with Crippen molar-refractivity contribution in [2.75, 3.05) is 13.2 Å². The molecule has 0 aromatic rings. The summed E-state index contributed by atoms with van der Waals surface area (Å²) in [6.45, 7) is 10.6. The SMILES string of the molecule is CCCCCCOC(CC(C)C)OCCCCCC. The van der Waals surface area contributed by atoms with Crippen LogP contribution in [0.4, 0.5) is 0 Å². The van der Waals surface area contributed by atoms with Gasteiger partial charge in [-0.25, -0.2) is 0 Å². The third-order valence-electron chi connectivity index (χ3n) is 3.27. The monoisotopic (exact) mass is 272 g/mol. The second-order valence-electron chi connectivity index (χ2n) is 5.92. The minimum Gasteiger partial charge on any atom is -0.353 e. The molecule has 0 saturated heterocycles. The highest BCUT2D eigenvalue weighted by atomic mass is 16.7. The van der Waals surface area contributed by atoms with Crippen LogP contribution in [0.15, 0.2) is 0 Å². The van der Waals surface area contributed by atoms with Gasteiger partial charge in [-0.2, -0.15) is 0 Å². The Morgan fingerprint density at radius 2 is 1.16 bits per heavy atom. The van der Waals surface area contributed by atoms with Gasteiger partial charge in [0.25, 0.3) is 0 Å². The fraction of sp³-hybridized carbons (Fsp3) is 1.00. The molecule has 2 heteroatoms. The Morgan fingerprint density at radius 1 is 0.684 bits per heavy atom. The van der Waals surface area contributed by atoms with Crippen molar-refractivity contribution < 1.29 is 9.47 Å². The lowest BCUT2D eigenvalue weighted by Gasteiger charge is -2.20. The molecule has 0 aliphatic carbocycles. The zero-order chi connectivity index (χ0) is 14.3. The lowest BCUT2D eigenvalue weighted by molar-refractivity contribution is -0.152. The first-order valence-corrected chi connectivity index (χ1v) is 8.43. The molecule has 19 heavy (non-hydrogen) atoms. The van der Waals surface area contributed by atoms with Crippen LogP contribution in [0.3, 0.4) is 0 Å². The third kappa shape index (κ3) is 14.1. The Balaban J connectivity index is 3.63. The van der Waals surface area contributed by atoms with Gasteiger partial charge >= 0.3 is 0 Å². The number of hydrogen-bond donors (Lipinski definition) is 0. The molecule has 0 fully saturated rings. The molecule has 0 unspecified atom stereocenters. The summed E-state index contributed by atoms with van der Waals surface area (Å²) in [7, 11) is 0. The van der Waals surface area contributed by atoms with Crippen LogP contribution >= 0.6 is 0 Å². The molecule has 0 aliphatic rings. The van der Waals surface area contributed by atoms with Crippen molar-refractivity contribution >= 4 is 0 Å². The van der Waals surface area contributed by atoms with E-state index >= 15 is 0 Å². The molecular weight excluding hydrogens is 236 g/mol. The highest BCUT2D eigenvalue weighted by molar-refractivity contribution is 4.52. The topological polar surface area (TPSA) is 18.5 Å². The van der Waals surface area contributed by atoms with Crippen LogP contribution in [0, 0.1) is 5.92 Å². The largest absolute Gasteiger partial charge is 0.353 e. The standard InChI is InChI=1S/C17H36O2/c1-5-7-9-11-13-18-17(15-16(3)4)19-14-12-10-8-6-2/h16-17H,5-15H2,1-4H3. The maximum absolute atomic E-state index is 5.88. The minimum atomic E-state index is 0.0169. The molecule has 0 heterocycles. The summed E-state index contributed by atoms with van der Waals surface area (Å²) >= 11 is 0. The van der Waals surface area contributed by atoms with E-state index in [9.17, 15) is 0 Å². The van der Waals surface area contributed by atoms with E-state index in [2.05, 4.69) is 27.7 Å². The third-order valence-corrected chi connectivity index (χ3v) is 3.27. The quantitative estimate of drug-likeness (QED) is 0.305. The maximum Gasteiger partial charge on any atom is 0.157 e. The Labute approximate surface area is 121 Å². The molecule has 0 bridgehead atoms. The van der Waals surface area contributed by atoms with Gasteiger partial charge in [-0.1, -0.05) is 66.2 Å². The summed E-state index contributed by atoms with van der Waals surface area (Å²) in [6, 6.07) is 0. The van der Waals surface area contributed by atoms with Crippen LogP contribution in [0.5, 0.6) is 0 Å². The molecule has 0 saturated carbocycles. The molecule has 0 aromatic carbocycles. The zero-order valence-electron chi connectivity index (χ0n) is 13.7. The smallest absolute Gasteiger partial charge is 0.157 e. The van der Waals surface area contributed by atoms with E-state index in [-0.39, 0.29) is 6.29 Å². The molecule has 0 spiro atoms. The van der Waals surface area contributed by atoms with Crippen LogP contribution in [0.25, 0.3) is 0 Å². The van der Waals surface area contributed by atoms with Crippen molar-refractivity contribution in [2.24, 2.45) is 5.92 Å². The summed E-state index contributed by atoms with van der Waals surface area (Å²) in [5.74, 6) is 0.635. The Morgan fingerprint density at radius 3 is 1.53 bits per heavy atom. The van der Waals surface area contributed by atoms with Gasteiger partial charge in [0, 0.05) is 19.6 Å².